The molecule has 0 radical (unpaired) electrons. The van der Waals surface area contributed by atoms with Crippen LogP contribution in [0.2, 0.25) is 0 Å². The lowest BCUT2D eigenvalue weighted by atomic mass is 9.99. The van der Waals surface area contributed by atoms with Crippen molar-refractivity contribution in [3.05, 3.63) is 0 Å². The Morgan fingerprint density at radius 1 is 1.27 bits per heavy atom. The Labute approximate surface area is 98.2 Å². The lowest BCUT2D eigenvalue weighted by molar-refractivity contribution is 0.181. The monoisotopic (exact) mass is 228 g/mol. The van der Waals surface area contributed by atoms with E-state index in [1.165, 1.54) is 57.5 Å². The van der Waals surface area contributed by atoms with Gasteiger partial charge in [0.25, 0.3) is 0 Å². The van der Waals surface area contributed by atoms with Crippen molar-refractivity contribution >= 4 is 11.8 Å². The molecule has 2 fully saturated rings. The zero-order valence-electron chi connectivity index (χ0n) is 9.87. The van der Waals surface area contributed by atoms with Gasteiger partial charge >= 0.3 is 0 Å². The third kappa shape index (κ3) is 3.11. The summed E-state index contributed by atoms with van der Waals surface area (Å²) in [6.07, 6.45) is 9.20. The van der Waals surface area contributed by atoms with Crippen molar-refractivity contribution in [1.82, 2.24) is 10.2 Å². The Kier molecular flexibility index (Phi) is 4.79. The molecule has 2 nitrogen and oxygen atoms in total. The fraction of sp³-hybridized carbons (Fsp3) is 1.00. The van der Waals surface area contributed by atoms with Crippen molar-refractivity contribution in [2.75, 3.05) is 31.6 Å². The molecule has 0 aliphatic carbocycles. The highest BCUT2D eigenvalue weighted by atomic mass is 32.2. The van der Waals surface area contributed by atoms with E-state index in [4.69, 9.17) is 0 Å². The highest BCUT2D eigenvalue weighted by Gasteiger charge is 2.34. The summed E-state index contributed by atoms with van der Waals surface area (Å²) >= 11 is 1.96. The van der Waals surface area contributed by atoms with Gasteiger partial charge < -0.3 is 5.32 Å². The second-order valence-corrected chi connectivity index (χ2v) is 5.78. The summed E-state index contributed by atoms with van der Waals surface area (Å²) in [5, 5.41) is 3.76. The van der Waals surface area contributed by atoms with Gasteiger partial charge in [-0.15, -0.1) is 0 Å². The van der Waals surface area contributed by atoms with E-state index in [2.05, 4.69) is 16.5 Å². The topological polar surface area (TPSA) is 15.3 Å². The summed E-state index contributed by atoms with van der Waals surface area (Å²) in [5.74, 6) is 1.30. The summed E-state index contributed by atoms with van der Waals surface area (Å²) < 4.78 is 0. The highest BCUT2D eigenvalue weighted by Crippen LogP contribution is 2.26. The molecule has 0 aromatic carbocycles. The quantitative estimate of drug-likeness (QED) is 0.724. The molecule has 2 unspecified atom stereocenters. The van der Waals surface area contributed by atoms with Gasteiger partial charge in [0.15, 0.2) is 0 Å². The van der Waals surface area contributed by atoms with E-state index < -0.39 is 0 Å². The van der Waals surface area contributed by atoms with Crippen LogP contribution in [0, 0.1) is 0 Å². The molecule has 3 heteroatoms. The molecule has 0 amide bonds. The van der Waals surface area contributed by atoms with E-state index in [1.807, 2.05) is 11.8 Å². The Hall–Kier alpha value is 0.270. The number of piperidine rings is 1. The second-order valence-electron chi connectivity index (χ2n) is 4.79. The molecule has 0 saturated carbocycles. The summed E-state index contributed by atoms with van der Waals surface area (Å²) in [5.41, 5.74) is 0. The van der Waals surface area contributed by atoms with Gasteiger partial charge in [0.05, 0.1) is 0 Å². The van der Waals surface area contributed by atoms with Gasteiger partial charge in [0.1, 0.15) is 0 Å². The van der Waals surface area contributed by atoms with Crippen molar-refractivity contribution in [3.63, 3.8) is 0 Å². The molecule has 0 spiro atoms. The Morgan fingerprint density at radius 3 is 3.07 bits per heavy atom. The van der Waals surface area contributed by atoms with E-state index in [0.29, 0.717) is 0 Å². The number of hydrogen-bond donors (Lipinski definition) is 1. The number of fused-ring (bicyclic) bond motifs is 1. The molecular weight excluding hydrogens is 204 g/mol. The number of nitrogens with zero attached hydrogens (tertiary/aromatic N) is 1. The molecule has 1 N–H and O–H groups in total. The van der Waals surface area contributed by atoms with Gasteiger partial charge in [0.2, 0.25) is 0 Å². The normalized spacial score (nSPS) is 31.8. The number of hydrogen-bond acceptors (Lipinski definition) is 3. The van der Waals surface area contributed by atoms with Gasteiger partial charge in [0, 0.05) is 18.6 Å². The third-order valence-electron chi connectivity index (χ3n) is 3.79. The van der Waals surface area contributed by atoms with Gasteiger partial charge in [-0.2, -0.15) is 11.8 Å². The molecular formula is C12H24N2S. The number of thioether (sulfide) groups is 1. The maximum Gasteiger partial charge on any atom is 0.0249 e. The predicted molar refractivity (Wildman–Crippen MR) is 68.6 cm³/mol. The van der Waals surface area contributed by atoms with E-state index in [-0.39, 0.29) is 0 Å². The summed E-state index contributed by atoms with van der Waals surface area (Å²) in [6.45, 7) is 3.91. The van der Waals surface area contributed by atoms with Crippen molar-refractivity contribution in [1.29, 1.82) is 0 Å². The number of nitrogens with one attached hydrogen (secondary N) is 1. The van der Waals surface area contributed by atoms with Crippen molar-refractivity contribution < 1.29 is 0 Å². The third-order valence-corrected chi connectivity index (χ3v) is 4.48. The molecule has 2 heterocycles. The zero-order chi connectivity index (χ0) is 10.5. The molecule has 2 saturated heterocycles. The highest BCUT2D eigenvalue weighted by molar-refractivity contribution is 7.98. The minimum Gasteiger partial charge on any atom is -0.312 e. The van der Waals surface area contributed by atoms with Crippen LogP contribution in [0.3, 0.4) is 0 Å². The van der Waals surface area contributed by atoms with E-state index in [0.717, 1.165) is 12.1 Å². The van der Waals surface area contributed by atoms with E-state index >= 15 is 0 Å². The van der Waals surface area contributed by atoms with Gasteiger partial charge in [-0.1, -0.05) is 6.42 Å². The zero-order valence-corrected chi connectivity index (χ0v) is 10.7. The lowest BCUT2D eigenvalue weighted by Gasteiger charge is -2.32. The molecule has 88 valence electrons. The fourth-order valence-corrected chi connectivity index (χ4v) is 3.42. The molecule has 15 heavy (non-hydrogen) atoms. The molecule has 2 rings (SSSR count). The smallest absolute Gasteiger partial charge is 0.0249 e. The molecule has 0 bridgehead atoms. The lowest BCUT2D eigenvalue weighted by Crippen LogP contribution is -2.45. The largest absolute Gasteiger partial charge is 0.312 e. The van der Waals surface area contributed by atoms with Crippen LogP contribution in [0.5, 0.6) is 0 Å². The van der Waals surface area contributed by atoms with Crippen LogP contribution in [-0.2, 0) is 0 Å². The molecule has 2 atom stereocenters. The average Bonchev–Trinajstić information content (AvgIpc) is 2.68. The average molecular weight is 228 g/mol. The summed E-state index contributed by atoms with van der Waals surface area (Å²) in [7, 11) is 0. The maximum absolute atomic E-state index is 3.76. The van der Waals surface area contributed by atoms with Crippen LogP contribution in [0.25, 0.3) is 0 Å². The van der Waals surface area contributed by atoms with Gasteiger partial charge in [-0.25, -0.2) is 0 Å². The fourth-order valence-electron chi connectivity index (χ4n) is 2.99. The van der Waals surface area contributed by atoms with Gasteiger partial charge in [-0.3, -0.25) is 4.90 Å². The first-order valence-electron chi connectivity index (χ1n) is 6.38. The second kappa shape index (κ2) is 6.12. The van der Waals surface area contributed by atoms with Crippen LogP contribution in [0.15, 0.2) is 0 Å². The van der Waals surface area contributed by atoms with Crippen molar-refractivity contribution in [2.45, 2.75) is 44.2 Å². The van der Waals surface area contributed by atoms with E-state index in [1.54, 1.807) is 0 Å². The minimum atomic E-state index is 0.798. The van der Waals surface area contributed by atoms with E-state index in [9.17, 15) is 0 Å². The minimum absolute atomic E-state index is 0.798. The van der Waals surface area contributed by atoms with Gasteiger partial charge in [-0.05, 0) is 50.8 Å². The Bertz CT molecular complexity index is 186. The first kappa shape index (κ1) is 11.7. The summed E-state index contributed by atoms with van der Waals surface area (Å²) in [6, 6.07) is 1.67. The van der Waals surface area contributed by atoms with Crippen molar-refractivity contribution in [2.24, 2.45) is 0 Å². The summed E-state index contributed by atoms with van der Waals surface area (Å²) in [4.78, 5) is 2.70. The van der Waals surface area contributed by atoms with Crippen LogP contribution in [0.4, 0.5) is 0 Å². The predicted octanol–water partition coefficient (Wildman–Crippen LogP) is 1.96. The van der Waals surface area contributed by atoms with Crippen LogP contribution < -0.4 is 5.32 Å². The molecule has 2 aliphatic heterocycles. The first-order chi connectivity index (χ1) is 7.42. The Morgan fingerprint density at radius 2 is 2.20 bits per heavy atom. The standard InChI is InChI=1S/C12H24N2S/c1-15-10-4-7-13-11-6-9-14-8-3-2-5-12(11)14/h11-13H,2-10H2,1H3. The molecule has 0 aromatic heterocycles. The Balaban J connectivity index is 1.69. The van der Waals surface area contributed by atoms with Crippen LogP contribution in [0.1, 0.15) is 32.1 Å². The SMILES string of the molecule is CSCCCNC1CCN2CCCCC12. The van der Waals surface area contributed by atoms with Crippen LogP contribution in [-0.4, -0.2) is 48.6 Å². The maximum atomic E-state index is 3.76. The number of rotatable bonds is 5. The van der Waals surface area contributed by atoms with Crippen LogP contribution >= 0.6 is 11.8 Å². The molecule has 0 aromatic rings. The van der Waals surface area contributed by atoms with Crippen molar-refractivity contribution in [3.8, 4) is 0 Å². The first-order valence-corrected chi connectivity index (χ1v) is 7.77. The molecule has 2 aliphatic rings.